The van der Waals surface area contributed by atoms with Crippen molar-refractivity contribution in [3.05, 3.63) is 69.7 Å². The van der Waals surface area contributed by atoms with Crippen LogP contribution in [0.5, 0.6) is 0 Å². The summed E-state index contributed by atoms with van der Waals surface area (Å²) in [5.74, 6) is -0.741. The lowest BCUT2D eigenvalue weighted by Gasteiger charge is -2.28. The highest BCUT2D eigenvalue weighted by atomic mass is 35.5. The van der Waals surface area contributed by atoms with Crippen molar-refractivity contribution in [2.45, 2.75) is 19.3 Å². The van der Waals surface area contributed by atoms with Crippen LogP contribution in [0.15, 0.2) is 36.4 Å². The maximum absolute atomic E-state index is 13.3. The van der Waals surface area contributed by atoms with Gasteiger partial charge in [0.25, 0.3) is 5.91 Å². The van der Waals surface area contributed by atoms with Crippen molar-refractivity contribution in [2.24, 2.45) is 5.73 Å². The predicted octanol–water partition coefficient (Wildman–Crippen LogP) is 4.99. The first-order valence-electron chi connectivity index (χ1n) is 10.9. The number of anilines is 2. The van der Waals surface area contributed by atoms with Gasteiger partial charge in [0.05, 0.1) is 36.5 Å². The molecular weight excluding hydrogens is 511 g/mol. The second-order valence-corrected chi connectivity index (χ2v) is 8.98. The van der Waals surface area contributed by atoms with Crippen molar-refractivity contribution in [1.29, 1.82) is 0 Å². The second-order valence-electron chi connectivity index (χ2n) is 8.54. The number of fused-ring (bicyclic) bond motifs is 1. The molecule has 1 aliphatic heterocycles. The molecule has 13 heteroatoms. The minimum atomic E-state index is -4.75. The van der Waals surface area contributed by atoms with Crippen LogP contribution in [0.25, 0.3) is 16.1 Å². The molecule has 0 bridgehead atoms. The summed E-state index contributed by atoms with van der Waals surface area (Å²) in [4.78, 5) is 31.5. The zero-order chi connectivity index (χ0) is 27.1. The Bertz CT molecular complexity index is 1440. The van der Waals surface area contributed by atoms with Crippen LogP contribution in [0, 0.1) is 6.57 Å². The third kappa shape index (κ3) is 5.17. The third-order valence-corrected chi connectivity index (χ3v) is 6.08. The first kappa shape index (κ1) is 25.8. The summed E-state index contributed by atoms with van der Waals surface area (Å²) in [5, 5.41) is 7.42. The van der Waals surface area contributed by atoms with Gasteiger partial charge in [0.2, 0.25) is 0 Å². The molecule has 0 unspecified atom stereocenters. The molecule has 0 saturated carbocycles. The van der Waals surface area contributed by atoms with Crippen molar-refractivity contribution < 1.29 is 22.8 Å². The van der Waals surface area contributed by atoms with Crippen LogP contribution in [-0.4, -0.2) is 47.3 Å². The van der Waals surface area contributed by atoms with Crippen LogP contribution in [0.1, 0.15) is 21.6 Å². The third-order valence-electron chi connectivity index (χ3n) is 5.86. The minimum absolute atomic E-state index is 0.0511. The Balaban J connectivity index is 1.64. The number of benzene rings is 2. The lowest BCUT2D eigenvalue weighted by molar-refractivity contribution is -0.136. The van der Waals surface area contributed by atoms with E-state index in [1.165, 1.54) is 11.0 Å². The molecule has 0 aliphatic carbocycles. The zero-order valence-electron chi connectivity index (χ0n) is 19.7. The average molecular weight is 532 g/mol. The van der Waals surface area contributed by atoms with Crippen LogP contribution in [0.4, 0.5) is 35.0 Å². The molecule has 4 rings (SSSR count). The van der Waals surface area contributed by atoms with Crippen molar-refractivity contribution in [3.8, 4) is 11.3 Å². The van der Waals surface area contributed by atoms with Crippen LogP contribution in [0.2, 0.25) is 5.02 Å². The Labute approximate surface area is 215 Å². The molecule has 37 heavy (non-hydrogen) atoms. The first-order chi connectivity index (χ1) is 17.4. The van der Waals surface area contributed by atoms with Gasteiger partial charge >= 0.3 is 12.2 Å². The van der Waals surface area contributed by atoms with E-state index < -0.39 is 29.4 Å². The number of nitrogens with zero attached hydrogens (tertiary/aromatic N) is 5. The largest absolute Gasteiger partial charge is 0.407 e. The first-order valence-corrected chi connectivity index (χ1v) is 11.3. The second kappa shape index (κ2) is 9.67. The summed E-state index contributed by atoms with van der Waals surface area (Å²) in [6.45, 7) is 7.31. The van der Waals surface area contributed by atoms with Gasteiger partial charge in [0, 0.05) is 42.6 Å². The number of rotatable bonds is 4. The van der Waals surface area contributed by atoms with E-state index in [-0.39, 0.29) is 30.9 Å². The van der Waals surface area contributed by atoms with E-state index in [0.717, 1.165) is 11.8 Å². The van der Waals surface area contributed by atoms with E-state index in [1.807, 2.05) is 25.1 Å². The van der Waals surface area contributed by atoms with Crippen LogP contribution >= 0.6 is 11.6 Å². The highest BCUT2D eigenvalue weighted by Gasteiger charge is 2.34. The van der Waals surface area contributed by atoms with Gasteiger partial charge in [-0.2, -0.15) is 18.3 Å². The number of halogens is 4. The number of nitrogens with two attached hydrogens (primary N) is 1. The molecule has 1 aliphatic rings. The number of urea groups is 1. The molecule has 2 aromatic carbocycles. The van der Waals surface area contributed by atoms with Gasteiger partial charge < -0.3 is 20.9 Å². The fourth-order valence-corrected chi connectivity index (χ4v) is 4.29. The minimum Gasteiger partial charge on any atom is -0.378 e. The number of primary amides is 1. The number of alkyl halides is 3. The predicted molar refractivity (Wildman–Crippen MR) is 133 cm³/mol. The Kier molecular flexibility index (Phi) is 6.75. The maximum atomic E-state index is 13.3. The standard InChI is InChI=1S/C24H21ClF3N7O2/c1-30-18-5-4-15(11-17(18)24(26,27)28)31-23(37)34-6-7-35-19(12-34)20(22(29)36)21(32-35)13-8-14(25)10-16(9-13)33(2)3/h4-5,8-11H,6-7,12H2,2-3H3,(H2,29,36)(H,31,37). The number of hydrogen-bond donors (Lipinski definition) is 2. The number of hydrogen-bond acceptors (Lipinski definition) is 4. The molecule has 3 N–H and O–H groups in total. The molecule has 0 fully saturated rings. The van der Waals surface area contributed by atoms with Gasteiger partial charge in [-0.1, -0.05) is 17.7 Å². The van der Waals surface area contributed by atoms with Gasteiger partial charge in [0.15, 0.2) is 5.69 Å². The molecule has 1 aromatic heterocycles. The average Bonchev–Trinajstić information content (AvgIpc) is 3.22. The molecular formula is C24H21ClF3N7O2. The van der Waals surface area contributed by atoms with E-state index in [4.69, 9.17) is 23.9 Å². The molecule has 3 amide bonds. The SMILES string of the molecule is [C-]#[N+]c1ccc(NC(=O)N2CCn3nc(-c4cc(Cl)cc(N(C)C)c4)c(C(N)=O)c3C2)cc1C(F)(F)F. The summed E-state index contributed by atoms with van der Waals surface area (Å²) >= 11 is 6.28. The van der Waals surface area contributed by atoms with Crippen molar-refractivity contribution >= 4 is 40.6 Å². The molecule has 2 heterocycles. The van der Waals surface area contributed by atoms with Gasteiger partial charge in [-0.15, -0.1) is 0 Å². The summed E-state index contributed by atoms with van der Waals surface area (Å²) in [6.07, 6.45) is -4.75. The van der Waals surface area contributed by atoms with E-state index >= 15 is 0 Å². The van der Waals surface area contributed by atoms with Crippen molar-refractivity contribution in [2.75, 3.05) is 30.9 Å². The highest BCUT2D eigenvalue weighted by Crippen LogP contribution is 2.38. The molecule has 192 valence electrons. The number of aromatic nitrogens is 2. The molecule has 0 saturated heterocycles. The van der Waals surface area contributed by atoms with Crippen molar-refractivity contribution in [3.63, 3.8) is 0 Å². The van der Waals surface area contributed by atoms with Crippen LogP contribution in [0.3, 0.4) is 0 Å². The number of amides is 3. The Hall–Kier alpha value is -4.24. The topological polar surface area (TPSA) is 101 Å². The smallest absolute Gasteiger partial charge is 0.378 e. The van der Waals surface area contributed by atoms with Gasteiger partial charge in [-0.3, -0.25) is 9.48 Å². The number of carbonyl (C=O) groups excluding carboxylic acids is 2. The summed E-state index contributed by atoms with van der Waals surface area (Å²) in [5.41, 5.74) is 6.08. The molecule has 9 nitrogen and oxygen atoms in total. The van der Waals surface area contributed by atoms with Gasteiger partial charge in [0.1, 0.15) is 5.69 Å². The monoisotopic (exact) mass is 531 g/mol. The number of nitrogens with one attached hydrogen (secondary N) is 1. The molecule has 0 spiro atoms. The Morgan fingerprint density at radius 1 is 1.19 bits per heavy atom. The van der Waals surface area contributed by atoms with Gasteiger partial charge in [-0.05, 0) is 30.3 Å². The molecule has 0 radical (unpaired) electrons. The summed E-state index contributed by atoms with van der Waals surface area (Å²) < 4.78 is 41.5. The Morgan fingerprint density at radius 3 is 2.54 bits per heavy atom. The fourth-order valence-electron chi connectivity index (χ4n) is 4.06. The van der Waals surface area contributed by atoms with Crippen molar-refractivity contribution in [1.82, 2.24) is 14.7 Å². The summed E-state index contributed by atoms with van der Waals surface area (Å²) in [6, 6.07) is 7.49. The lowest BCUT2D eigenvalue weighted by Crippen LogP contribution is -2.41. The van der Waals surface area contributed by atoms with E-state index in [9.17, 15) is 22.8 Å². The van der Waals surface area contributed by atoms with E-state index in [0.29, 0.717) is 28.0 Å². The zero-order valence-corrected chi connectivity index (χ0v) is 20.5. The van der Waals surface area contributed by atoms with Gasteiger partial charge in [-0.25, -0.2) is 9.64 Å². The highest BCUT2D eigenvalue weighted by molar-refractivity contribution is 6.31. The van der Waals surface area contributed by atoms with Crippen LogP contribution < -0.4 is 16.0 Å². The normalized spacial score (nSPS) is 13.1. The van der Waals surface area contributed by atoms with E-state index in [2.05, 4.69) is 15.3 Å². The number of carbonyl (C=O) groups is 2. The maximum Gasteiger partial charge on any atom is 0.407 e. The molecule has 3 aromatic rings. The lowest BCUT2D eigenvalue weighted by atomic mass is 10.0. The fraction of sp³-hybridized carbons (Fsp3) is 0.250. The van der Waals surface area contributed by atoms with Crippen LogP contribution in [-0.2, 0) is 19.3 Å². The summed E-state index contributed by atoms with van der Waals surface area (Å²) in [7, 11) is 3.68. The Morgan fingerprint density at radius 2 is 1.92 bits per heavy atom. The quantitative estimate of drug-likeness (QED) is 0.463. The molecule has 0 atom stereocenters. The van der Waals surface area contributed by atoms with E-state index in [1.54, 1.807) is 16.8 Å².